The monoisotopic (exact) mass is 211 g/mol. The SMILES string of the molecule is CCC(n1cc[n+](C)c1C)[Si](C)(C)C. The Balaban J connectivity index is 3.08. The van der Waals surface area contributed by atoms with E-state index >= 15 is 0 Å². The first kappa shape index (κ1) is 11.5. The zero-order chi connectivity index (χ0) is 10.9. The maximum absolute atomic E-state index is 2.45. The summed E-state index contributed by atoms with van der Waals surface area (Å²) in [4.78, 5) is 0. The van der Waals surface area contributed by atoms with Crippen LogP contribution in [0.2, 0.25) is 19.6 Å². The molecule has 0 radical (unpaired) electrons. The van der Waals surface area contributed by atoms with Crippen LogP contribution in [0.3, 0.4) is 0 Å². The molecule has 1 aromatic rings. The van der Waals surface area contributed by atoms with E-state index in [1.165, 1.54) is 12.2 Å². The van der Waals surface area contributed by atoms with Gasteiger partial charge < -0.3 is 0 Å². The Hall–Kier alpha value is -0.573. The van der Waals surface area contributed by atoms with Crippen LogP contribution in [0.4, 0.5) is 0 Å². The molecule has 0 aliphatic rings. The van der Waals surface area contributed by atoms with E-state index < -0.39 is 8.07 Å². The average molecular weight is 211 g/mol. The summed E-state index contributed by atoms with van der Waals surface area (Å²) in [6.07, 6.45) is 5.62. The van der Waals surface area contributed by atoms with Crippen LogP contribution in [0.1, 0.15) is 24.8 Å². The minimum absolute atomic E-state index is 0.726. The molecule has 0 amide bonds. The predicted molar refractivity (Wildman–Crippen MR) is 63.0 cm³/mol. The Bertz CT molecular complexity index is 310. The fourth-order valence-corrected chi connectivity index (χ4v) is 4.46. The fraction of sp³-hybridized carbons (Fsp3) is 0.727. The molecular weight excluding hydrogens is 188 g/mol. The highest BCUT2D eigenvalue weighted by Gasteiger charge is 2.32. The van der Waals surface area contributed by atoms with Gasteiger partial charge in [0.25, 0.3) is 5.82 Å². The van der Waals surface area contributed by atoms with Crippen molar-refractivity contribution in [3.63, 3.8) is 0 Å². The van der Waals surface area contributed by atoms with Crippen LogP contribution < -0.4 is 4.57 Å². The number of hydrogen-bond acceptors (Lipinski definition) is 0. The van der Waals surface area contributed by atoms with Crippen LogP contribution in [0.25, 0.3) is 0 Å². The Morgan fingerprint density at radius 2 is 2.00 bits per heavy atom. The predicted octanol–water partition coefficient (Wildman–Crippen LogP) is 2.45. The number of hydrogen-bond donors (Lipinski definition) is 0. The van der Waals surface area contributed by atoms with Crippen LogP contribution in [0.15, 0.2) is 12.4 Å². The van der Waals surface area contributed by atoms with Gasteiger partial charge in [-0.25, -0.2) is 9.13 Å². The van der Waals surface area contributed by atoms with E-state index in [4.69, 9.17) is 0 Å². The molecular formula is C11H23N2Si+. The third kappa shape index (κ3) is 2.08. The molecule has 1 heterocycles. The van der Waals surface area contributed by atoms with Gasteiger partial charge in [-0.1, -0.05) is 26.6 Å². The molecule has 1 rings (SSSR count). The molecule has 0 fully saturated rings. The number of aryl methyl sites for hydroxylation is 1. The molecule has 1 aromatic heterocycles. The minimum Gasteiger partial charge on any atom is -0.237 e. The molecule has 80 valence electrons. The van der Waals surface area contributed by atoms with Gasteiger partial charge in [0.05, 0.1) is 20.8 Å². The van der Waals surface area contributed by atoms with E-state index in [0.29, 0.717) is 0 Å². The summed E-state index contributed by atoms with van der Waals surface area (Å²) >= 11 is 0. The van der Waals surface area contributed by atoms with Crippen molar-refractivity contribution in [3.05, 3.63) is 18.2 Å². The van der Waals surface area contributed by atoms with Gasteiger partial charge in [0, 0.05) is 6.92 Å². The Kier molecular flexibility index (Phi) is 3.19. The number of imidazole rings is 1. The lowest BCUT2D eigenvalue weighted by molar-refractivity contribution is -0.677. The summed E-state index contributed by atoms with van der Waals surface area (Å²) in [6, 6.07) is 0. The van der Waals surface area contributed by atoms with Crippen LogP contribution in [0.5, 0.6) is 0 Å². The zero-order valence-corrected chi connectivity index (χ0v) is 11.3. The van der Waals surface area contributed by atoms with E-state index in [2.05, 4.69) is 62.1 Å². The molecule has 0 N–H and O–H groups in total. The van der Waals surface area contributed by atoms with Gasteiger partial charge in [-0.2, -0.15) is 0 Å². The van der Waals surface area contributed by atoms with Crippen LogP contribution >= 0.6 is 0 Å². The molecule has 14 heavy (non-hydrogen) atoms. The second kappa shape index (κ2) is 3.89. The van der Waals surface area contributed by atoms with Gasteiger partial charge in [-0.3, -0.25) is 0 Å². The van der Waals surface area contributed by atoms with Crippen molar-refractivity contribution < 1.29 is 4.57 Å². The molecule has 3 heteroatoms. The molecule has 0 spiro atoms. The summed E-state index contributed by atoms with van der Waals surface area (Å²) in [5, 5.41) is 0. The van der Waals surface area contributed by atoms with Gasteiger partial charge in [0.2, 0.25) is 0 Å². The smallest absolute Gasteiger partial charge is 0.237 e. The normalized spacial score (nSPS) is 14.4. The molecule has 0 saturated heterocycles. The van der Waals surface area contributed by atoms with Gasteiger partial charge in [0.1, 0.15) is 12.4 Å². The number of rotatable bonds is 3. The van der Waals surface area contributed by atoms with Gasteiger partial charge in [-0.15, -0.1) is 0 Å². The second-order valence-corrected chi connectivity index (χ2v) is 10.6. The quantitative estimate of drug-likeness (QED) is 0.536. The van der Waals surface area contributed by atoms with Gasteiger partial charge in [0.15, 0.2) is 0 Å². The van der Waals surface area contributed by atoms with Crippen LogP contribution in [-0.2, 0) is 7.05 Å². The van der Waals surface area contributed by atoms with Crippen molar-refractivity contribution >= 4 is 8.07 Å². The lowest BCUT2D eigenvalue weighted by Gasteiger charge is -2.25. The number of aromatic nitrogens is 2. The highest BCUT2D eigenvalue weighted by atomic mass is 28.3. The van der Waals surface area contributed by atoms with E-state index in [1.807, 2.05) is 0 Å². The first-order valence-corrected chi connectivity index (χ1v) is 8.98. The van der Waals surface area contributed by atoms with Gasteiger partial charge >= 0.3 is 0 Å². The van der Waals surface area contributed by atoms with Crippen molar-refractivity contribution in [2.45, 2.75) is 45.6 Å². The topological polar surface area (TPSA) is 8.81 Å². The Morgan fingerprint density at radius 1 is 1.43 bits per heavy atom. The first-order valence-electron chi connectivity index (χ1n) is 5.41. The van der Waals surface area contributed by atoms with Crippen LogP contribution in [-0.4, -0.2) is 12.6 Å². The summed E-state index contributed by atoms with van der Waals surface area (Å²) in [5.41, 5.74) is 0.726. The first-order chi connectivity index (χ1) is 6.38. The van der Waals surface area contributed by atoms with Crippen molar-refractivity contribution in [2.24, 2.45) is 7.05 Å². The maximum atomic E-state index is 2.45. The standard InChI is InChI=1S/C11H23N2Si/c1-7-11(14(4,5)6)13-9-8-12(3)10(13)2/h8-9,11H,7H2,1-6H3/q+1. The minimum atomic E-state index is -1.10. The van der Waals surface area contributed by atoms with Crippen molar-refractivity contribution in [3.8, 4) is 0 Å². The molecule has 0 aliphatic carbocycles. The highest BCUT2D eigenvalue weighted by Crippen LogP contribution is 2.24. The molecule has 2 nitrogen and oxygen atoms in total. The van der Waals surface area contributed by atoms with Crippen molar-refractivity contribution in [1.82, 2.24) is 4.57 Å². The number of nitrogens with zero attached hydrogens (tertiary/aromatic N) is 2. The van der Waals surface area contributed by atoms with Crippen molar-refractivity contribution in [2.75, 3.05) is 0 Å². The molecule has 1 atom stereocenters. The van der Waals surface area contributed by atoms with E-state index in [0.717, 1.165) is 5.67 Å². The maximum Gasteiger partial charge on any atom is 0.252 e. The summed E-state index contributed by atoms with van der Waals surface area (Å²) in [6.45, 7) is 11.8. The van der Waals surface area contributed by atoms with Crippen LogP contribution in [0, 0.1) is 6.92 Å². The second-order valence-electron chi connectivity index (χ2n) is 5.15. The summed E-state index contributed by atoms with van der Waals surface area (Å²) in [5.74, 6) is 1.36. The third-order valence-electron chi connectivity index (χ3n) is 3.06. The molecule has 0 aliphatic heterocycles. The summed E-state index contributed by atoms with van der Waals surface area (Å²) in [7, 11) is 1.02. The Labute approximate surface area is 88.6 Å². The lowest BCUT2D eigenvalue weighted by atomic mass is 10.4. The zero-order valence-electron chi connectivity index (χ0n) is 10.3. The lowest BCUT2D eigenvalue weighted by Crippen LogP contribution is -2.38. The molecule has 0 bridgehead atoms. The fourth-order valence-electron chi connectivity index (χ4n) is 2.13. The largest absolute Gasteiger partial charge is 0.252 e. The van der Waals surface area contributed by atoms with E-state index in [9.17, 15) is 0 Å². The molecule has 0 aromatic carbocycles. The van der Waals surface area contributed by atoms with Crippen molar-refractivity contribution in [1.29, 1.82) is 0 Å². The Morgan fingerprint density at radius 3 is 2.29 bits per heavy atom. The molecule has 1 unspecified atom stereocenters. The third-order valence-corrected chi connectivity index (χ3v) is 5.74. The van der Waals surface area contributed by atoms with E-state index in [1.54, 1.807) is 0 Å². The highest BCUT2D eigenvalue weighted by molar-refractivity contribution is 6.76. The summed E-state index contributed by atoms with van der Waals surface area (Å²) < 4.78 is 4.65. The van der Waals surface area contributed by atoms with Gasteiger partial charge in [-0.05, 0) is 6.42 Å². The average Bonchev–Trinajstić information content (AvgIpc) is 2.35. The van der Waals surface area contributed by atoms with E-state index in [-0.39, 0.29) is 0 Å². The molecule has 0 saturated carbocycles.